The van der Waals surface area contributed by atoms with Gasteiger partial charge in [-0.3, -0.25) is 0 Å². The monoisotopic (exact) mass is 220 g/mol. The van der Waals surface area contributed by atoms with Crippen LogP contribution in [0.15, 0.2) is 18.2 Å². The Morgan fingerprint density at radius 1 is 1.56 bits per heavy atom. The van der Waals surface area contributed by atoms with Gasteiger partial charge in [0.2, 0.25) is 0 Å². The number of hydrogen-bond acceptors (Lipinski definition) is 3. The summed E-state index contributed by atoms with van der Waals surface area (Å²) in [5, 5.41) is 12.0. The maximum Gasteiger partial charge on any atom is 0.165 e. The number of nitriles is 1. The highest BCUT2D eigenvalue weighted by Crippen LogP contribution is 2.34. The highest BCUT2D eigenvalue weighted by molar-refractivity contribution is 5.38. The minimum atomic E-state index is -0.359. The van der Waals surface area contributed by atoms with E-state index in [2.05, 4.69) is 11.4 Å². The van der Waals surface area contributed by atoms with Gasteiger partial charge in [0, 0.05) is 18.2 Å². The van der Waals surface area contributed by atoms with Gasteiger partial charge in [-0.2, -0.15) is 5.26 Å². The Hall–Kier alpha value is -1.60. The number of para-hydroxylation sites is 1. The van der Waals surface area contributed by atoms with E-state index in [0.717, 1.165) is 5.56 Å². The first-order valence-corrected chi connectivity index (χ1v) is 5.21. The van der Waals surface area contributed by atoms with Crippen molar-refractivity contribution in [2.75, 3.05) is 13.7 Å². The number of methoxy groups -OCH3 is 1. The van der Waals surface area contributed by atoms with Crippen LogP contribution in [0.3, 0.4) is 0 Å². The average molecular weight is 220 g/mol. The Bertz CT molecular complexity index is 428. The van der Waals surface area contributed by atoms with E-state index in [-0.39, 0.29) is 23.5 Å². The largest absolute Gasteiger partial charge is 0.493 e. The van der Waals surface area contributed by atoms with Crippen molar-refractivity contribution in [1.29, 1.82) is 5.26 Å². The van der Waals surface area contributed by atoms with Crippen molar-refractivity contribution in [3.8, 4) is 11.8 Å². The molecule has 1 saturated heterocycles. The molecule has 2 atom stereocenters. The summed E-state index contributed by atoms with van der Waals surface area (Å²) in [6, 6.07) is 7.10. The summed E-state index contributed by atoms with van der Waals surface area (Å²) in [4.78, 5) is 0. The summed E-state index contributed by atoms with van der Waals surface area (Å²) in [6.07, 6.45) is 0.705. The topological polar surface area (TPSA) is 45.0 Å². The first-order chi connectivity index (χ1) is 7.76. The lowest BCUT2D eigenvalue weighted by atomic mass is 10.00. The van der Waals surface area contributed by atoms with Crippen LogP contribution >= 0.6 is 0 Å². The van der Waals surface area contributed by atoms with E-state index < -0.39 is 0 Å². The number of ether oxygens (including phenoxy) is 1. The van der Waals surface area contributed by atoms with Crippen molar-refractivity contribution in [3.05, 3.63) is 29.6 Å². The van der Waals surface area contributed by atoms with Gasteiger partial charge in [-0.25, -0.2) is 4.39 Å². The van der Waals surface area contributed by atoms with E-state index in [1.807, 2.05) is 6.07 Å². The van der Waals surface area contributed by atoms with Gasteiger partial charge in [0.1, 0.15) is 0 Å². The molecule has 1 aliphatic heterocycles. The molecule has 1 N–H and O–H groups in total. The second-order valence-electron chi connectivity index (χ2n) is 3.88. The molecule has 1 aromatic rings. The Labute approximate surface area is 93.8 Å². The van der Waals surface area contributed by atoms with Crippen LogP contribution in [0.5, 0.6) is 5.75 Å². The number of hydrogen-bond donors (Lipinski definition) is 1. The van der Waals surface area contributed by atoms with Gasteiger partial charge < -0.3 is 10.1 Å². The van der Waals surface area contributed by atoms with Crippen molar-refractivity contribution < 1.29 is 9.13 Å². The van der Waals surface area contributed by atoms with Crippen LogP contribution in [-0.4, -0.2) is 13.7 Å². The Kier molecular flexibility index (Phi) is 3.07. The van der Waals surface area contributed by atoms with Crippen LogP contribution in [-0.2, 0) is 0 Å². The summed E-state index contributed by atoms with van der Waals surface area (Å²) in [5.74, 6) is -0.0845. The van der Waals surface area contributed by atoms with Crippen LogP contribution in [0.4, 0.5) is 4.39 Å². The van der Waals surface area contributed by atoms with Gasteiger partial charge in [-0.15, -0.1) is 0 Å². The lowest BCUT2D eigenvalue weighted by Crippen LogP contribution is -2.14. The zero-order valence-corrected chi connectivity index (χ0v) is 9.03. The molecule has 4 heteroatoms. The third-order valence-corrected chi connectivity index (χ3v) is 2.89. The fraction of sp³-hybridized carbons (Fsp3) is 0.417. The van der Waals surface area contributed by atoms with Crippen LogP contribution in [0.2, 0.25) is 0 Å². The highest BCUT2D eigenvalue weighted by Gasteiger charge is 2.27. The fourth-order valence-corrected chi connectivity index (χ4v) is 2.09. The molecule has 2 unspecified atom stereocenters. The molecule has 0 spiro atoms. The molecule has 16 heavy (non-hydrogen) atoms. The first-order valence-electron chi connectivity index (χ1n) is 5.21. The molecule has 0 aromatic heterocycles. The smallest absolute Gasteiger partial charge is 0.165 e. The lowest BCUT2D eigenvalue weighted by molar-refractivity contribution is 0.375. The molecule has 1 aromatic carbocycles. The molecule has 0 radical (unpaired) electrons. The molecule has 2 rings (SSSR count). The number of halogens is 1. The van der Waals surface area contributed by atoms with E-state index >= 15 is 0 Å². The van der Waals surface area contributed by atoms with Crippen molar-refractivity contribution in [2.45, 2.75) is 12.5 Å². The standard InChI is InChI=1S/C12H13FN2O/c1-16-12-9(3-2-4-10(12)13)11-5-8(6-14)7-15-11/h2-4,8,11,15H,5,7H2,1H3. The molecule has 0 bridgehead atoms. The summed E-state index contributed by atoms with van der Waals surface area (Å²) >= 11 is 0. The van der Waals surface area contributed by atoms with Crippen LogP contribution < -0.4 is 10.1 Å². The van der Waals surface area contributed by atoms with E-state index in [4.69, 9.17) is 10.00 Å². The summed E-state index contributed by atoms with van der Waals surface area (Å²) < 4.78 is 18.5. The van der Waals surface area contributed by atoms with Gasteiger partial charge in [-0.1, -0.05) is 12.1 Å². The Morgan fingerprint density at radius 2 is 2.38 bits per heavy atom. The summed E-state index contributed by atoms with van der Waals surface area (Å²) in [7, 11) is 1.46. The maximum atomic E-state index is 13.5. The summed E-state index contributed by atoms with van der Waals surface area (Å²) in [5.41, 5.74) is 0.792. The quantitative estimate of drug-likeness (QED) is 0.829. The van der Waals surface area contributed by atoms with Crippen LogP contribution in [0.1, 0.15) is 18.0 Å². The molecule has 1 heterocycles. The van der Waals surface area contributed by atoms with Crippen LogP contribution in [0.25, 0.3) is 0 Å². The van der Waals surface area contributed by atoms with Crippen molar-refractivity contribution >= 4 is 0 Å². The summed E-state index contributed by atoms with van der Waals surface area (Å²) in [6.45, 7) is 0.654. The number of benzene rings is 1. The molecule has 3 nitrogen and oxygen atoms in total. The second kappa shape index (κ2) is 4.50. The first kappa shape index (κ1) is 10.9. The molecule has 1 aliphatic rings. The van der Waals surface area contributed by atoms with Crippen LogP contribution in [0, 0.1) is 23.1 Å². The van der Waals surface area contributed by atoms with Gasteiger partial charge in [0.05, 0.1) is 19.1 Å². The van der Waals surface area contributed by atoms with E-state index in [1.165, 1.54) is 13.2 Å². The van der Waals surface area contributed by atoms with Crippen molar-refractivity contribution in [2.24, 2.45) is 5.92 Å². The fourth-order valence-electron chi connectivity index (χ4n) is 2.09. The number of rotatable bonds is 2. The van der Waals surface area contributed by atoms with Crippen molar-refractivity contribution in [3.63, 3.8) is 0 Å². The SMILES string of the molecule is COc1c(F)cccc1C1CC(C#N)CN1. The minimum Gasteiger partial charge on any atom is -0.493 e. The van der Waals surface area contributed by atoms with Gasteiger partial charge in [0.15, 0.2) is 11.6 Å². The second-order valence-corrected chi connectivity index (χ2v) is 3.88. The number of nitrogens with zero attached hydrogens (tertiary/aromatic N) is 1. The molecular formula is C12H13FN2O. The highest BCUT2D eigenvalue weighted by atomic mass is 19.1. The average Bonchev–Trinajstić information content (AvgIpc) is 2.77. The third-order valence-electron chi connectivity index (χ3n) is 2.89. The van der Waals surface area contributed by atoms with E-state index in [9.17, 15) is 4.39 Å². The molecular weight excluding hydrogens is 207 g/mol. The minimum absolute atomic E-state index is 0.00188. The molecule has 0 aliphatic carbocycles. The van der Waals surface area contributed by atoms with Gasteiger partial charge >= 0.3 is 0 Å². The van der Waals surface area contributed by atoms with Gasteiger partial charge in [0.25, 0.3) is 0 Å². The molecule has 0 amide bonds. The lowest BCUT2D eigenvalue weighted by Gasteiger charge is -2.15. The zero-order valence-electron chi connectivity index (χ0n) is 9.03. The third kappa shape index (κ3) is 1.86. The molecule has 84 valence electrons. The number of nitrogens with one attached hydrogen (secondary N) is 1. The molecule has 1 fully saturated rings. The Morgan fingerprint density at radius 3 is 3.00 bits per heavy atom. The predicted octanol–water partition coefficient (Wildman–Crippen LogP) is 2.01. The van der Waals surface area contributed by atoms with Crippen molar-refractivity contribution in [1.82, 2.24) is 5.32 Å². The Balaban J connectivity index is 2.28. The predicted molar refractivity (Wildman–Crippen MR) is 57.4 cm³/mol. The van der Waals surface area contributed by atoms with Gasteiger partial charge in [-0.05, 0) is 12.5 Å². The normalized spacial score (nSPS) is 24.1. The van der Waals surface area contributed by atoms with E-state index in [1.54, 1.807) is 6.07 Å². The molecule has 0 saturated carbocycles. The zero-order chi connectivity index (χ0) is 11.5. The maximum absolute atomic E-state index is 13.5. The van der Waals surface area contributed by atoms with E-state index in [0.29, 0.717) is 13.0 Å².